The van der Waals surface area contributed by atoms with Gasteiger partial charge in [-0.25, -0.2) is 4.39 Å². The maximum atomic E-state index is 14.5. The van der Waals surface area contributed by atoms with Crippen LogP contribution in [0.25, 0.3) is 0 Å². The summed E-state index contributed by atoms with van der Waals surface area (Å²) >= 11 is 0. The maximum Gasteiger partial charge on any atom is 0.417 e. The highest BCUT2D eigenvalue weighted by molar-refractivity contribution is 5.43. The van der Waals surface area contributed by atoms with Crippen molar-refractivity contribution in [2.75, 3.05) is 7.11 Å². The van der Waals surface area contributed by atoms with E-state index < -0.39 is 47.1 Å². The molecule has 4 rings (SSSR count). The van der Waals surface area contributed by atoms with Crippen LogP contribution in [0.15, 0.2) is 23.0 Å². The lowest BCUT2D eigenvalue weighted by molar-refractivity contribution is -0.275. The van der Waals surface area contributed by atoms with Gasteiger partial charge >= 0.3 is 6.18 Å². The molecule has 1 N–H and O–H groups in total. The van der Waals surface area contributed by atoms with Crippen LogP contribution in [0.5, 0.6) is 5.75 Å². The molecule has 1 aliphatic carbocycles. The lowest BCUT2D eigenvalue weighted by atomic mass is 9.76. The summed E-state index contributed by atoms with van der Waals surface area (Å²) in [5.41, 5.74) is -1.67. The number of benzene rings is 1. The van der Waals surface area contributed by atoms with Gasteiger partial charge < -0.3 is 14.5 Å². The summed E-state index contributed by atoms with van der Waals surface area (Å²) in [4.78, 5) is 15.8. The smallest absolute Gasteiger partial charge is 0.417 e. The first kappa shape index (κ1) is 22.8. The highest BCUT2D eigenvalue weighted by Gasteiger charge is 2.65. The zero-order valence-electron chi connectivity index (χ0n) is 18.1. The molecule has 0 spiro atoms. The number of pyridine rings is 1. The monoisotopic (exact) mass is 457 g/mol. The van der Waals surface area contributed by atoms with Crippen LogP contribution in [0.2, 0.25) is 0 Å². The number of aryl methyl sites for hydroxylation is 1. The predicted molar refractivity (Wildman–Crippen MR) is 107 cm³/mol. The average molecular weight is 457 g/mol. The van der Waals surface area contributed by atoms with Gasteiger partial charge in [-0.3, -0.25) is 4.79 Å². The summed E-state index contributed by atoms with van der Waals surface area (Å²) in [6.07, 6.45) is -4.48. The Balaban J connectivity index is 1.97. The summed E-state index contributed by atoms with van der Waals surface area (Å²) in [7, 11) is 1.13. The van der Waals surface area contributed by atoms with Crippen molar-refractivity contribution in [2.45, 2.75) is 63.3 Å². The van der Waals surface area contributed by atoms with Gasteiger partial charge in [0.05, 0.1) is 12.8 Å². The Bertz CT molecular complexity index is 1110. The van der Waals surface area contributed by atoms with E-state index in [0.717, 1.165) is 32.9 Å². The van der Waals surface area contributed by atoms with Crippen LogP contribution in [0.3, 0.4) is 0 Å². The SMILES string of the molecule is COc1c([C@H]2[C@H](c3[nH]c(C)cc(=O)c3C3CC3)O[C@@](C)(C(F)(F)F)[C@H]2C)ccc(F)c1F. The van der Waals surface area contributed by atoms with E-state index in [9.17, 15) is 26.7 Å². The van der Waals surface area contributed by atoms with Gasteiger partial charge in [0.2, 0.25) is 5.82 Å². The van der Waals surface area contributed by atoms with Gasteiger partial charge in [0.15, 0.2) is 22.6 Å². The van der Waals surface area contributed by atoms with Gasteiger partial charge in [0, 0.05) is 34.7 Å². The summed E-state index contributed by atoms with van der Waals surface area (Å²) in [6, 6.07) is 3.49. The summed E-state index contributed by atoms with van der Waals surface area (Å²) in [6.45, 7) is 3.95. The number of alkyl halides is 3. The lowest BCUT2D eigenvalue weighted by Crippen LogP contribution is -2.46. The molecule has 1 saturated carbocycles. The second kappa shape index (κ2) is 7.57. The third-order valence-corrected chi connectivity index (χ3v) is 6.82. The normalized spacial score (nSPS) is 28.2. The number of nitrogens with one attached hydrogen (secondary N) is 1. The topological polar surface area (TPSA) is 51.3 Å². The molecule has 9 heteroatoms. The molecule has 1 aliphatic heterocycles. The first-order valence-corrected chi connectivity index (χ1v) is 10.4. The second-order valence-corrected chi connectivity index (χ2v) is 8.86. The van der Waals surface area contributed by atoms with Crippen LogP contribution in [0.4, 0.5) is 22.0 Å². The fourth-order valence-electron chi connectivity index (χ4n) is 4.80. The number of methoxy groups -OCH3 is 1. The molecule has 1 aromatic carbocycles. The molecule has 4 nitrogen and oxygen atoms in total. The van der Waals surface area contributed by atoms with Crippen LogP contribution in [0, 0.1) is 24.5 Å². The summed E-state index contributed by atoms with van der Waals surface area (Å²) in [5.74, 6) is -5.24. The van der Waals surface area contributed by atoms with Crippen LogP contribution in [-0.2, 0) is 4.74 Å². The number of aromatic nitrogens is 1. The first-order valence-electron chi connectivity index (χ1n) is 10.4. The van der Waals surface area contributed by atoms with Gasteiger partial charge in [-0.1, -0.05) is 13.0 Å². The number of ether oxygens (including phenoxy) is 2. The second-order valence-electron chi connectivity index (χ2n) is 8.86. The number of aromatic amines is 1. The highest BCUT2D eigenvalue weighted by atomic mass is 19.4. The van der Waals surface area contributed by atoms with Crippen LogP contribution < -0.4 is 10.2 Å². The van der Waals surface area contributed by atoms with Crippen LogP contribution in [0.1, 0.15) is 67.1 Å². The molecule has 32 heavy (non-hydrogen) atoms. The fourth-order valence-corrected chi connectivity index (χ4v) is 4.80. The Kier molecular flexibility index (Phi) is 5.39. The molecule has 2 heterocycles. The van der Waals surface area contributed by atoms with Crippen molar-refractivity contribution in [3.8, 4) is 5.75 Å². The van der Waals surface area contributed by atoms with E-state index in [1.165, 1.54) is 19.1 Å². The molecule has 0 unspecified atom stereocenters. The van der Waals surface area contributed by atoms with Crippen molar-refractivity contribution in [1.82, 2.24) is 4.98 Å². The Morgan fingerprint density at radius 2 is 1.88 bits per heavy atom. The van der Waals surface area contributed by atoms with Gasteiger partial charge in [-0.15, -0.1) is 0 Å². The van der Waals surface area contributed by atoms with Crippen molar-refractivity contribution >= 4 is 0 Å². The van der Waals surface area contributed by atoms with E-state index in [0.29, 0.717) is 11.3 Å². The summed E-state index contributed by atoms with van der Waals surface area (Å²) in [5, 5.41) is 0. The Labute approximate surface area is 181 Å². The maximum absolute atomic E-state index is 14.5. The minimum atomic E-state index is -4.74. The predicted octanol–water partition coefficient (Wildman–Crippen LogP) is 5.66. The van der Waals surface area contributed by atoms with E-state index in [1.54, 1.807) is 6.92 Å². The van der Waals surface area contributed by atoms with E-state index in [-0.39, 0.29) is 22.6 Å². The number of hydrogen-bond acceptors (Lipinski definition) is 3. The zero-order valence-corrected chi connectivity index (χ0v) is 18.1. The van der Waals surface area contributed by atoms with Crippen LogP contribution in [-0.4, -0.2) is 23.9 Å². The van der Waals surface area contributed by atoms with E-state index in [1.807, 2.05) is 0 Å². The van der Waals surface area contributed by atoms with Crippen molar-refractivity contribution in [1.29, 1.82) is 0 Å². The highest BCUT2D eigenvalue weighted by Crippen LogP contribution is 2.60. The lowest BCUT2D eigenvalue weighted by Gasteiger charge is -2.32. The molecule has 1 aromatic heterocycles. The van der Waals surface area contributed by atoms with Gasteiger partial charge in [0.1, 0.15) is 6.10 Å². The molecular weight excluding hydrogens is 433 g/mol. The van der Waals surface area contributed by atoms with Crippen molar-refractivity contribution < 1.29 is 31.4 Å². The van der Waals surface area contributed by atoms with Gasteiger partial charge in [-0.2, -0.15) is 17.6 Å². The summed E-state index contributed by atoms with van der Waals surface area (Å²) < 4.78 is 81.7. The largest absolute Gasteiger partial charge is 0.493 e. The van der Waals surface area contributed by atoms with E-state index in [2.05, 4.69) is 4.98 Å². The Hall–Kier alpha value is -2.42. The molecule has 4 atom stereocenters. The third-order valence-electron chi connectivity index (χ3n) is 6.82. The number of halogens is 5. The quantitative estimate of drug-likeness (QED) is 0.603. The molecule has 1 saturated heterocycles. The Morgan fingerprint density at radius 3 is 2.44 bits per heavy atom. The van der Waals surface area contributed by atoms with Gasteiger partial charge in [-0.05, 0) is 38.7 Å². The molecule has 0 radical (unpaired) electrons. The third kappa shape index (κ3) is 3.41. The minimum Gasteiger partial charge on any atom is -0.493 e. The zero-order chi connectivity index (χ0) is 23.6. The average Bonchev–Trinajstić information content (AvgIpc) is 3.49. The first-order chi connectivity index (χ1) is 14.9. The minimum absolute atomic E-state index is 0.0565. The molecule has 2 aliphatic rings. The fraction of sp³-hybridized carbons (Fsp3) is 0.522. The molecular formula is C23H24F5NO3. The Morgan fingerprint density at radius 1 is 1.22 bits per heavy atom. The molecule has 174 valence electrons. The van der Waals surface area contributed by atoms with Crippen molar-refractivity contribution in [2.24, 2.45) is 5.92 Å². The van der Waals surface area contributed by atoms with E-state index >= 15 is 0 Å². The number of H-pyrrole nitrogens is 1. The van der Waals surface area contributed by atoms with Crippen molar-refractivity contribution in [3.05, 3.63) is 62.6 Å². The van der Waals surface area contributed by atoms with Crippen molar-refractivity contribution in [3.63, 3.8) is 0 Å². The number of rotatable bonds is 4. The molecule has 0 amide bonds. The standard InChI is InChI=1S/C23H24F5NO3/c1-10-9-15(30)17(12-5-6-12)19(29-10)21-16(11(2)22(3,32-21)23(26,27)28)13-7-8-14(24)18(25)20(13)31-4/h7-9,11-12,16,21H,5-6H2,1-4H3,(H,29,30)/t11-,16-,21+,22+/m0/s1. The number of hydrogen-bond donors (Lipinski definition) is 1. The van der Waals surface area contributed by atoms with Gasteiger partial charge in [0.25, 0.3) is 0 Å². The van der Waals surface area contributed by atoms with E-state index in [4.69, 9.17) is 9.47 Å². The molecule has 2 aromatic rings. The van der Waals surface area contributed by atoms with Crippen LogP contribution >= 0.6 is 0 Å². The molecule has 2 fully saturated rings. The molecule has 0 bridgehead atoms.